The van der Waals surface area contributed by atoms with Crippen LogP contribution in [0.5, 0.6) is 0 Å². The Morgan fingerprint density at radius 1 is 1.50 bits per heavy atom. The first-order chi connectivity index (χ1) is 6.46. The third kappa shape index (κ3) is 2.42. The van der Waals surface area contributed by atoms with E-state index in [-0.39, 0.29) is 5.67 Å². The minimum atomic E-state index is -1.44. The zero-order valence-corrected chi connectivity index (χ0v) is 10.8. The molecule has 0 aliphatic heterocycles. The molecular formula is C9H16N2OSSi. The Morgan fingerprint density at radius 2 is 2.14 bits per heavy atom. The van der Waals surface area contributed by atoms with Crippen LogP contribution in [0.2, 0.25) is 19.6 Å². The third-order valence-corrected chi connectivity index (χ3v) is 5.23. The Bertz CT molecular complexity index is 294. The summed E-state index contributed by atoms with van der Waals surface area (Å²) in [7, 11) is 0.321. The van der Waals surface area contributed by atoms with Gasteiger partial charge in [0.05, 0.1) is 19.0 Å². The quantitative estimate of drug-likeness (QED) is 0.450. The maximum atomic E-state index is 10.6. The van der Waals surface area contributed by atoms with Gasteiger partial charge in [-0.3, -0.25) is 5.01 Å². The minimum absolute atomic E-state index is 0.186. The molecule has 1 aromatic heterocycles. The van der Waals surface area contributed by atoms with Gasteiger partial charge in [-0.2, -0.15) is 11.3 Å². The van der Waals surface area contributed by atoms with E-state index in [0.29, 0.717) is 0 Å². The van der Waals surface area contributed by atoms with Crippen molar-refractivity contribution in [1.29, 1.82) is 0 Å². The Hall–Kier alpha value is -0.683. The lowest BCUT2D eigenvalue weighted by molar-refractivity contribution is 0.316. The van der Waals surface area contributed by atoms with Gasteiger partial charge in [-0.25, -0.2) is 0 Å². The molecule has 1 atom stereocenters. The van der Waals surface area contributed by atoms with E-state index >= 15 is 0 Å². The topological polar surface area (TPSA) is 32.7 Å². The van der Waals surface area contributed by atoms with E-state index in [1.54, 1.807) is 23.4 Å². The van der Waals surface area contributed by atoms with Gasteiger partial charge in [0.15, 0.2) is 0 Å². The van der Waals surface area contributed by atoms with Gasteiger partial charge in [-0.1, -0.05) is 19.6 Å². The fraction of sp³-hybridized carbons (Fsp3) is 0.556. The van der Waals surface area contributed by atoms with Crippen LogP contribution in [0.25, 0.3) is 0 Å². The second-order valence-electron chi connectivity index (χ2n) is 4.48. The highest BCUT2D eigenvalue weighted by molar-refractivity contribution is 7.08. The predicted octanol–water partition coefficient (Wildman–Crippen LogP) is 3.28. The highest BCUT2D eigenvalue weighted by atomic mass is 32.1. The lowest BCUT2D eigenvalue weighted by atomic mass is 10.3. The fourth-order valence-electron chi connectivity index (χ4n) is 1.75. The number of rotatable bonds is 4. The molecule has 0 saturated carbocycles. The summed E-state index contributed by atoms with van der Waals surface area (Å²) < 4.78 is 0. The highest BCUT2D eigenvalue weighted by Gasteiger charge is 2.32. The first-order valence-electron chi connectivity index (χ1n) is 4.55. The molecule has 0 amide bonds. The van der Waals surface area contributed by atoms with Crippen molar-refractivity contribution >= 4 is 19.4 Å². The molecule has 1 aromatic rings. The van der Waals surface area contributed by atoms with Crippen molar-refractivity contribution in [3.8, 4) is 0 Å². The van der Waals surface area contributed by atoms with Gasteiger partial charge in [0.1, 0.15) is 0 Å². The lowest BCUT2D eigenvalue weighted by Crippen LogP contribution is -2.39. The molecule has 78 valence electrons. The first-order valence-corrected chi connectivity index (χ1v) is 9.07. The third-order valence-electron chi connectivity index (χ3n) is 2.18. The SMILES string of the molecule is CN(N=O)C(c1ccsc1)[Si](C)(C)C. The molecule has 5 heteroatoms. The molecule has 0 aliphatic carbocycles. The Balaban J connectivity index is 3.00. The molecule has 0 radical (unpaired) electrons. The van der Waals surface area contributed by atoms with Crippen molar-refractivity contribution < 1.29 is 0 Å². The van der Waals surface area contributed by atoms with Crippen molar-refractivity contribution in [3.05, 3.63) is 27.3 Å². The van der Waals surface area contributed by atoms with Gasteiger partial charge in [-0.15, -0.1) is 4.91 Å². The summed E-state index contributed by atoms with van der Waals surface area (Å²) in [5.41, 5.74) is 1.41. The summed E-state index contributed by atoms with van der Waals surface area (Å²) in [6.07, 6.45) is 0. The van der Waals surface area contributed by atoms with Crippen LogP contribution in [0.15, 0.2) is 22.1 Å². The summed E-state index contributed by atoms with van der Waals surface area (Å²) in [6.45, 7) is 6.74. The van der Waals surface area contributed by atoms with Gasteiger partial charge in [0, 0.05) is 7.05 Å². The summed E-state index contributed by atoms with van der Waals surface area (Å²) in [6, 6.07) is 2.08. The van der Waals surface area contributed by atoms with Gasteiger partial charge in [-0.05, 0) is 22.4 Å². The van der Waals surface area contributed by atoms with E-state index in [4.69, 9.17) is 0 Å². The van der Waals surface area contributed by atoms with Gasteiger partial charge in [0.25, 0.3) is 0 Å². The molecule has 1 heterocycles. The summed E-state index contributed by atoms with van der Waals surface area (Å²) >= 11 is 1.66. The van der Waals surface area contributed by atoms with E-state index in [2.05, 4.69) is 36.4 Å². The number of nitroso groups, excluding NO2 is 1. The molecule has 3 nitrogen and oxygen atoms in total. The molecule has 0 bridgehead atoms. The van der Waals surface area contributed by atoms with E-state index in [1.165, 1.54) is 5.56 Å². The monoisotopic (exact) mass is 228 g/mol. The second-order valence-corrected chi connectivity index (χ2v) is 10.5. The van der Waals surface area contributed by atoms with Crippen molar-refractivity contribution in [2.24, 2.45) is 5.29 Å². The maximum Gasteiger partial charge on any atom is 0.0785 e. The minimum Gasteiger partial charge on any atom is -0.260 e. The van der Waals surface area contributed by atoms with E-state index in [0.717, 1.165) is 0 Å². The van der Waals surface area contributed by atoms with Crippen LogP contribution in [0.4, 0.5) is 0 Å². The number of hydrogen-bond donors (Lipinski definition) is 0. The molecule has 0 saturated heterocycles. The average Bonchev–Trinajstić information content (AvgIpc) is 2.54. The molecule has 0 aromatic carbocycles. The molecule has 0 N–H and O–H groups in total. The normalized spacial score (nSPS) is 13.7. The Morgan fingerprint density at radius 3 is 2.50 bits per heavy atom. The van der Waals surface area contributed by atoms with Gasteiger partial charge in [0.2, 0.25) is 0 Å². The van der Waals surface area contributed by atoms with Crippen molar-refractivity contribution in [2.45, 2.75) is 25.3 Å². The van der Waals surface area contributed by atoms with Gasteiger partial charge >= 0.3 is 0 Å². The van der Waals surface area contributed by atoms with E-state index < -0.39 is 8.07 Å². The van der Waals surface area contributed by atoms with Crippen LogP contribution in [-0.2, 0) is 0 Å². The molecule has 0 aliphatic rings. The zero-order valence-electron chi connectivity index (χ0n) is 9.02. The predicted molar refractivity (Wildman–Crippen MR) is 64.0 cm³/mol. The summed E-state index contributed by atoms with van der Waals surface area (Å²) in [4.78, 5) is 10.6. The smallest absolute Gasteiger partial charge is 0.0785 e. The van der Waals surface area contributed by atoms with Crippen LogP contribution >= 0.6 is 11.3 Å². The second kappa shape index (κ2) is 4.23. The van der Waals surface area contributed by atoms with Crippen LogP contribution in [0.3, 0.4) is 0 Å². The molecule has 1 rings (SSSR count). The number of nitrogens with zero attached hydrogens (tertiary/aromatic N) is 2. The van der Waals surface area contributed by atoms with Gasteiger partial charge < -0.3 is 0 Å². The van der Waals surface area contributed by atoms with Crippen LogP contribution < -0.4 is 0 Å². The molecule has 1 unspecified atom stereocenters. The maximum absolute atomic E-state index is 10.6. The molecular weight excluding hydrogens is 212 g/mol. The first kappa shape index (κ1) is 11.4. The average molecular weight is 228 g/mol. The molecule has 0 spiro atoms. The van der Waals surface area contributed by atoms with Crippen molar-refractivity contribution in [1.82, 2.24) is 5.01 Å². The number of thiophene rings is 1. The number of hydrogen-bond acceptors (Lipinski definition) is 3. The Kier molecular flexibility index (Phi) is 3.44. The molecule has 0 fully saturated rings. The van der Waals surface area contributed by atoms with Crippen molar-refractivity contribution in [2.75, 3.05) is 7.05 Å². The Labute approximate surface area is 89.7 Å². The molecule has 14 heavy (non-hydrogen) atoms. The largest absolute Gasteiger partial charge is 0.260 e. The summed E-state index contributed by atoms with van der Waals surface area (Å²) in [5, 5.41) is 8.73. The van der Waals surface area contributed by atoms with Crippen LogP contribution in [0, 0.1) is 4.91 Å². The summed E-state index contributed by atoms with van der Waals surface area (Å²) in [5.74, 6) is 0. The lowest BCUT2D eigenvalue weighted by Gasteiger charge is -2.32. The zero-order chi connectivity index (χ0) is 10.8. The van der Waals surface area contributed by atoms with Crippen molar-refractivity contribution in [3.63, 3.8) is 0 Å². The van der Waals surface area contributed by atoms with E-state index in [1.807, 2.05) is 5.38 Å². The standard InChI is InChI=1S/C9H16N2OSSi/c1-11(10-12)9(14(2,3)4)8-5-6-13-7-8/h5-7,9H,1-4H3. The highest BCUT2D eigenvalue weighted by Crippen LogP contribution is 2.31. The van der Waals surface area contributed by atoms with Crippen LogP contribution in [0.1, 0.15) is 11.2 Å². The van der Waals surface area contributed by atoms with E-state index in [9.17, 15) is 4.91 Å². The van der Waals surface area contributed by atoms with Crippen LogP contribution in [-0.4, -0.2) is 20.1 Å². The fourth-order valence-corrected chi connectivity index (χ4v) is 4.90.